The van der Waals surface area contributed by atoms with Gasteiger partial charge >= 0.3 is 12.1 Å². The van der Waals surface area contributed by atoms with Gasteiger partial charge in [0.1, 0.15) is 0 Å². The number of rotatable bonds is 7. The quantitative estimate of drug-likeness (QED) is 0.389. The predicted octanol–water partition coefficient (Wildman–Crippen LogP) is 1.95. The van der Waals surface area contributed by atoms with Crippen LogP contribution in [0.15, 0.2) is 0 Å². The SMILES string of the molecule is CCCCOC(=O)C1CN1C(=O)OCCCC. The van der Waals surface area contributed by atoms with Gasteiger partial charge in [-0.15, -0.1) is 0 Å². The van der Waals surface area contributed by atoms with Crippen LogP contribution in [0.3, 0.4) is 0 Å². The lowest BCUT2D eigenvalue weighted by molar-refractivity contribution is -0.143. The van der Waals surface area contributed by atoms with Crippen LogP contribution < -0.4 is 0 Å². The van der Waals surface area contributed by atoms with Gasteiger partial charge in [0, 0.05) is 0 Å². The van der Waals surface area contributed by atoms with Crippen LogP contribution >= 0.6 is 0 Å². The Bertz CT molecular complexity index is 241. The summed E-state index contributed by atoms with van der Waals surface area (Å²) in [6.07, 6.45) is 3.28. The van der Waals surface area contributed by atoms with Crippen molar-refractivity contribution < 1.29 is 19.1 Å². The first kappa shape index (κ1) is 13.8. The Morgan fingerprint density at radius 3 is 2.29 bits per heavy atom. The molecule has 0 aromatic heterocycles. The molecule has 5 heteroatoms. The molecular formula is C12H21NO4. The van der Waals surface area contributed by atoms with Crippen molar-refractivity contribution in [2.24, 2.45) is 0 Å². The molecule has 0 N–H and O–H groups in total. The monoisotopic (exact) mass is 243 g/mol. The molecule has 5 nitrogen and oxygen atoms in total. The Hall–Kier alpha value is -1.26. The van der Waals surface area contributed by atoms with E-state index in [-0.39, 0.29) is 5.97 Å². The molecule has 1 saturated heterocycles. The molecule has 0 spiro atoms. The number of ether oxygens (including phenoxy) is 2. The molecule has 98 valence electrons. The van der Waals surface area contributed by atoms with Crippen molar-refractivity contribution in [2.45, 2.75) is 45.6 Å². The molecule has 1 aliphatic rings. The zero-order chi connectivity index (χ0) is 12.7. The first-order valence-corrected chi connectivity index (χ1v) is 6.30. The van der Waals surface area contributed by atoms with Crippen LogP contribution in [0, 0.1) is 0 Å². The van der Waals surface area contributed by atoms with Gasteiger partial charge in [-0.3, -0.25) is 4.90 Å². The highest BCUT2D eigenvalue weighted by atomic mass is 16.6. The van der Waals surface area contributed by atoms with Gasteiger partial charge in [0.25, 0.3) is 0 Å². The first-order valence-electron chi connectivity index (χ1n) is 6.30. The van der Waals surface area contributed by atoms with Crippen molar-refractivity contribution in [3.63, 3.8) is 0 Å². The van der Waals surface area contributed by atoms with E-state index in [1.165, 1.54) is 4.90 Å². The third-order valence-corrected chi connectivity index (χ3v) is 2.58. The number of esters is 1. The summed E-state index contributed by atoms with van der Waals surface area (Å²) in [6, 6.07) is -0.416. The molecule has 1 rings (SSSR count). The van der Waals surface area contributed by atoms with E-state index in [4.69, 9.17) is 9.47 Å². The average Bonchev–Trinajstić information content (AvgIpc) is 3.09. The summed E-state index contributed by atoms with van der Waals surface area (Å²) in [7, 11) is 0. The zero-order valence-corrected chi connectivity index (χ0v) is 10.6. The van der Waals surface area contributed by atoms with E-state index < -0.39 is 12.1 Å². The maximum Gasteiger partial charge on any atom is 0.410 e. The minimum Gasteiger partial charge on any atom is -0.464 e. The van der Waals surface area contributed by atoms with Gasteiger partial charge in [-0.05, 0) is 12.8 Å². The van der Waals surface area contributed by atoms with Crippen molar-refractivity contribution in [1.82, 2.24) is 4.90 Å². The molecule has 0 radical (unpaired) electrons. The summed E-state index contributed by atoms with van der Waals surface area (Å²) in [6.45, 7) is 5.34. The second-order valence-electron chi connectivity index (χ2n) is 4.16. The molecular weight excluding hydrogens is 222 g/mol. The van der Waals surface area contributed by atoms with Crippen LogP contribution in [-0.2, 0) is 14.3 Å². The summed E-state index contributed by atoms with van der Waals surface area (Å²) in [4.78, 5) is 24.3. The molecule has 1 atom stereocenters. The third-order valence-electron chi connectivity index (χ3n) is 2.58. The van der Waals surface area contributed by atoms with Crippen LogP contribution in [0.25, 0.3) is 0 Å². The summed E-state index contributed by atoms with van der Waals surface area (Å²) < 4.78 is 10.0. The van der Waals surface area contributed by atoms with E-state index in [1.807, 2.05) is 13.8 Å². The van der Waals surface area contributed by atoms with Gasteiger partial charge in [0.2, 0.25) is 0 Å². The molecule has 1 heterocycles. The second kappa shape index (κ2) is 7.14. The van der Waals surface area contributed by atoms with Crippen LogP contribution in [0.4, 0.5) is 4.79 Å². The van der Waals surface area contributed by atoms with Gasteiger partial charge in [-0.2, -0.15) is 0 Å². The number of carbonyl (C=O) groups excluding carboxylic acids is 2. The van der Waals surface area contributed by atoms with Gasteiger partial charge in [0.05, 0.1) is 19.8 Å². The molecule has 0 bridgehead atoms. The average molecular weight is 243 g/mol. The Balaban J connectivity index is 2.14. The summed E-state index contributed by atoms with van der Waals surface area (Å²) in [5, 5.41) is 0. The number of hydrogen-bond acceptors (Lipinski definition) is 4. The lowest BCUT2D eigenvalue weighted by Gasteiger charge is -2.06. The zero-order valence-electron chi connectivity index (χ0n) is 10.6. The van der Waals surface area contributed by atoms with Crippen LogP contribution in [0.2, 0.25) is 0 Å². The van der Waals surface area contributed by atoms with E-state index in [1.54, 1.807) is 0 Å². The Labute approximate surface area is 102 Å². The maximum absolute atomic E-state index is 11.5. The summed E-state index contributed by atoms with van der Waals surface area (Å²) in [5.41, 5.74) is 0. The molecule has 1 amide bonds. The van der Waals surface area contributed by atoms with Crippen LogP contribution in [-0.4, -0.2) is 42.8 Å². The minimum absolute atomic E-state index is 0.314. The van der Waals surface area contributed by atoms with Gasteiger partial charge in [0.15, 0.2) is 6.04 Å². The fraction of sp³-hybridized carbons (Fsp3) is 0.833. The molecule has 0 aromatic carbocycles. The standard InChI is InChI=1S/C12H21NO4/c1-3-5-7-16-11(14)10-9-13(10)12(15)17-8-6-4-2/h10H,3-9H2,1-2H3. The highest BCUT2D eigenvalue weighted by molar-refractivity contribution is 5.86. The molecule has 0 saturated carbocycles. The lowest BCUT2D eigenvalue weighted by Crippen LogP contribution is -2.22. The topological polar surface area (TPSA) is 55.6 Å². The van der Waals surface area contributed by atoms with Crippen molar-refractivity contribution >= 4 is 12.1 Å². The van der Waals surface area contributed by atoms with E-state index in [0.717, 1.165) is 25.7 Å². The normalized spacial score (nSPS) is 17.8. The first-order chi connectivity index (χ1) is 8.20. The smallest absolute Gasteiger partial charge is 0.410 e. The number of hydrogen-bond donors (Lipinski definition) is 0. The van der Waals surface area contributed by atoms with E-state index in [9.17, 15) is 9.59 Å². The fourth-order valence-electron chi connectivity index (χ4n) is 1.34. The molecule has 0 aromatic rings. The molecule has 0 aliphatic carbocycles. The highest BCUT2D eigenvalue weighted by Gasteiger charge is 2.46. The number of amides is 1. The van der Waals surface area contributed by atoms with Crippen LogP contribution in [0.1, 0.15) is 39.5 Å². The minimum atomic E-state index is -0.416. The molecule has 17 heavy (non-hydrogen) atoms. The van der Waals surface area contributed by atoms with E-state index >= 15 is 0 Å². The summed E-state index contributed by atoms with van der Waals surface area (Å²) >= 11 is 0. The van der Waals surface area contributed by atoms with Gasteiger partial charge < -0.3 is 9.47 Å². The van der Waals surface area contributed by atoms with Gasteiger partial charge in [-0.25, -0.2) is 9.59 Å². The predicted molar refractivity (Wildman–Crippen MR) is 62.6 cm³/mol. The summed E-state index contributed by atoms with van der Waals surface area (Å²) in [5.74, 6) is -0.314. The van der Waals surface area contributed by atoms with Gasteiger partial charge in [-0.1, -0.05) is 26.7 Å². The largest absolute Gasteiger partial charge is 0.464 e. The van der Waals surface area contributed by atoms with Crippen molar-refractivity contribution in [3.8, 4) is 0 Å². The van der Waals surface area contributed by atoms with Crippen molar-refractivity contribution in [3.05, 3.63) is 0 Å². The highest BCUT2D eigenvalue weighted by Crippen LogP contribution is 2.20. The number of unbranched alkanes of at least 4 members (excludes halogenated alkanes) is 2. The Kier molecular flexibility index (Phi) is 5.80. The maximum atomic E-state index is 11.5. The molecule has 1 aliphatic heterocycles. The molecule has 1 unspecified atom stereocenters. The Morgan fingerprint density at radius 1 is 1.12 bits per heavy atom. The van der Waals surface area contributed by atoms with Crippen LogP contribution in [0.5, 0.6) is 0 Å². The Morgan fingerprint density at radius 2 is 1.71 bits per heavy atom. The lowest BCUT2D eigenvalue weighted by atomic mass is 10.4. The van der Waals surface area contributed by atoms with E-state index in [0.29, 0.717) is 19.8 Å². The van der Waals surface area contributed by atoms with Crippen molar-refractivity contribution in [1.29, 1.82) is 0 Å². The third kappa shape index (κ3) is 4.63. The number of carbonyl (C=O) groups is 2. The van der Waals surface area contributed by atoms with Crippen molar-refractivity contribution in [2.75, 3.05) is 19.8 Å². The van der Waals surface area contributed by atoms with E-state index in [2.05, 4.69) is 0 Å². The molecule has 1 fully saturated rings. The number of nitrogens with zero attached hydrogens (tertiary/aromatic N) is 1. The second-order valence-corrected chi connectivity index (χ2v) is 4.16. The fourth-order valence-corrected chi connectivity index (χ4v) is 1.34.